The summed E-state index contributed by atoms with van der Waals surface area (Å²) in [6.45, 7) is 3.54. The fraction of sp³-hybridized carbons (Fsp3) is 0.538. The van der Waals surface area contributed by atoms with E-state index in [9.17, 15) is 0 Å². The van der Waals surface area contributed by atoms with Crippen LogP contribution in [0.2, 0.25) is 5.02 Å². The molecule has 3 nitrogen and oxygen atoms in total. The number of hydrogen-bond donors (Lipinski definition) is 1. The van der Waals surface area contributed by atoms with Gasteiger partial charge in [0.15, 0.2) is 0 Å². The Morgan fingerprint density at radius 1 is 1.35 bits per heavy atom. The molecule has 2 N–H and O–H groups in total. The molecule has 0 aliphatic rings. The molecule has 1 aromatic rings. The van der Waals surface area contributed by atoms with Crippen LogP contribution in [0.25, 0.3) is 0 Å². The molecule has 0 fully saturated rings. The molecule has 0 spiro atoms. The Bertz CT molecular complexity index is 329. The molecule has 0 aromatic heterocycles. The standard InChI is InChI=1S/C13H21ClN2O/c1-10(11-4-6-12(14)7-5-11)16(2)8-13(15)9-17-3/h4-7,10,13H,8-9,15H2,1-3H3. The normalized spacial score (nSPS) is 14.9. The molecule has 0 aliphatic carbocycles. The molecule has 0 aliphatic heterocycles. The van der Waals surface area contributed by atoms with Crippen LogP contribution in [0.1, 0.15) is 18.5 Å². The van der Waals surface area contributed by atoms with Crippen LogP contribution in [0.5, 0.6) is 0 Å². The van der Waals surface area contributed by atoms with Crippen LogP contribution in [0, 0.1) is 0 Å². The minimum atomic E-state index is 0.0414. The van der Waals surface area contributed by atoms with Crippen molar-refractivity contribution in [3.8, 4) is 0 Å². The summed E-state index contributed by atoms with van der Waals surface area (Å²) in [5, 5.41) is 0.764. The second-order valence-electron chi connectivity index (χ2n) is 4.38. The first-order valence-electron chi connectivity index (χ1n) is 5.74. The van der Waals surface area contributed by atoms with Gasteiger partial charge in [0.1, 0.15) is 0 Å². The molecule has 17 heavy (non-hydrogen) atoms. The van der Waals surface area contributed by atoms with E-state index in [2.05, 4.69) is 18.9 Å². The van der Waals surface area contributed by atoms with Crippen molar-refractivity contribution in [3.05, 3.63) is 34.9 Å². The van der Waals surface area contributed by atoms with Crippen molar-refractivity contribution >= 4 is 11.6 Å². The van der Waals surface area contributed by atoms with E-state index in [4.69, 9.17) is 22.1 Å². The van der Waals surface area contributed by atoms with Crippen molar-refractivity contribution in [2.24, 2.45) is 5.73 Å². The Labute approximate surface area is 109 Å². The smallest absolute Gasteiger partial charge is 0.0626 e. The van der Waals surface area contributed by atoms with Crippen LogP contribution < -0.4 is 5.73 Å². The van der Waals surface area contributed by atoms with Crippen LogP contribution in [0.4, 0.5) is 0 Å². The molecule has 0 saturated heterocycles. The zero-order valence-electron chi connectivity index (χ0n) is 10.7. The molecule has 0 saturated carbocycles. The first kappa shape index (κ1) is 14.5. The highest BCUT2D eigenvalue weighted by atomic mass is 35.5. The number of methoxy groups -OCH3 is 1. The van der Waals surface area contributed by atoms with Crippen molar-refractivity contribution in [1.29, 1.82) is 0 Å². The zero-order valence-corrected chi connectivity index (χ0v) is 11.4. The van der Waals surface area contributed by atoms with Gasteiger partial charge in [-0.25, -0.2) is 0 Å². The quantitative estimate of drug-likeness (QED) is 0.849. The topological polar surface area (TPSA) is 38.5 Å². The van der Waals surface area contributed by atoms with Gasteiger partial charge in [-0.05, 0) is 31.7 Å². The van der Waals surface area contributed by atoms with Gasteiger partial charge in [0, 0.05) is 30.8 Å². The largest absolute Gasteiger partial charge is 0.383 e. The summed E-state index contributed by atoms with van der Waals surface area (Å²) in [6.07, 6.45) is 0. The zero-order chi connectivity index (χ0) is 12.8. The lowest BCUT2D eigenvalue weighted by atomic mass is 10.1. The molecule has 2 unspecified atom stereocenters. The van der Waals surface area contributed by atoms with Gasteiger partial charge in [-0.1, -0.05) is 23.7 Å². The number of nitrogens with two attached hydrogens (primary N) is 1. The summed E-state index contributed by atoms with van der Waals surface area (Å²) < 4.78 is 5.04. The maximum atomic E-state index is 5.94. The minimum Gasteiger partial charge on any atom is -0.383 e. The van der Waals surface area contributed by atoms with E-state index in [1.165, 1.54) is 5.56 Å². The van der Waals surface area contributed by atoms with E-state index >= 15 is 0 Å². The molecule has 0 heterocycles. The minimum absolute atomic E-state index is 0.0414. The van der Waals surface area contributed by atoms with Crippen LogP contribution in [0.3, 0.4) is 0 Å². The Morgan fingerprint density at radius 3 is 2.47 bits per heavy atom. The summed E-state index contributed by atoms with van der Waals surface area (Å²) >= 11 is 5.87. The molecule has 2 atom stereocenters. The van der Waals surface area contributed by atoms with E-state index in [-0.39, 0.29) is 6.04 Å². The molecule has 1 rings (SSSR count). The molecular weight excluding hydrogens is 236 g/mol. The van der Waals surface area contributed by atoms with Crippen molar-refractivity contribution in [2.75, 3.05) is 27.3 Å². The number of ether oxygens (including phenoxy) is 1. The van der Waals surface area contributed by atoms with Gasteiger partial charge >= 0.3 is 0 Å². The number of halogens is 1. The monoisotopic (exact) mass is 256 g/mol. The van der Waals surface area contributed by atoms with Crippen molar-refractivity contribution in [2.45, 2.75) is 19.0 Å². The highest BCUT2D eigenvalue weighted by molar-refractivity contribution is 6.30. The summed E-state index contributed by atoms with van der Waals surface area (Å²) in [6, 6.07) is 8.28. The summed E-state index contributed by atoms with van der Waals surface area (Å²) in [7, 11) is 3.73. The molecular formula is C13H21ClN2O. The van der Waals surface area contributed by atoms with Gasteiger partial charge in [-0.3, -0.25) is 4.90 Å². The fourth-order valence-corrected chi connectivity index (χ4v) is 1.92. The Morgan fingerprint density at radius 2 is 1.94 bits per heavy atom. The predicted molar refractivity (Wildman–Crippen MR) is 72.3 cm³/mol. The third kappa shape index (κ3) is 4.64. The van der Waals surface area contributed by atoms with E-state index in [0.29, 0.717) is 12.6 Å². The van der Waals surface area contributed by atoms with E-state index in [1.54, 1.807) is 7.11 Å². The van der Waals surface area contributed by atoms with Gasteiger partial charge in [0.2, 0.25) is 0 Å². The fourth-order valence-electron chi connectivity index (χ4n) is 1.79. The van der Waals surface area contributed by atoms with Gasteiger partial charge in [0.25, 0.3) is 0 Å². The van der Waals surface area contributed by atoms with Crippen molar-refractivity contribution in [1.82, 2.24) is 4.90 Å². The average Bonchev–Trinajstić information content (AvgIpc) is 2.29. The lowest BCUT2D eigenvalue weighted by molar-refractivity contribution is 0.150. The number of benzene rings is 1. The second-order valence-corrected chi connectivity index (χ2v) is 4.82. The van der Waals surface area contributed by atoms with E-state index < -0.39 is 0 Å². The maximum absolute atomic E-state index is 5.94. The molecule has 0 radical (unpaired) electrons. The first-order chi connectivity index (χ1) is 8.04. The van der Waals surface area contributed by atoms with Gasteiger partial charge < -0.3 is 10.5 Å². The van der Waals surface area contributed by atoms with Crippen LogP contribution in [-0.2, 0) is 4.74 Å². The lowest BCUT2D eigenvalue weighted by Gasteiger charge is -2.27. The molecule has 4 heteroatoms. The predicted octanol–water partition coefficient (Wildman–Crippen LogP) is 2.31. The molecule has 0 bridgehead atoms. The highest BCUT2D eigenvalue weighted by Gasteiger charge is 2.14. The van der Waals surface area contributed by atoms with Crippen LogP contribution >= 0.6 is 11.6 Å². The van der Waals surface area contributed by atoms with Crippen molar-refractivity contribution < 1.29 is 4.74 Å². The Kier molecular flexibility index (Phi) is 5.92. The molecule has 96 valence electrons. The first-order valence-corrected chi connectivity index (χ1v) is 6.12. The van der Waals surface area contributed by atoms with E-state index in [1.807, 2.05) is 24.3 Å². The third-order valence-electron chi connectivity index (χ3n) is 2.92. The van der Waals surface area contributed by atoms with Gasteiger partial charge in [0.05, 0.1) is 6.61 Å². The van der Waals surface area contributed by atoms with Crippen LogP contribution in [0.15, 0.2) is 24.3 Å². The lowest BCUT2D eigenvalue weighted by Crippen LogP contribution is -2.39. The van der Waals surface area contributed by atoms with E-state index in [0.717, 1.165) is 11.6 Å². The molecule has 1 aromatic carbocycles. The Hall–Kier alpha value is -0.610. The third-order valence-corrected chi connectivity index (χ3v) is 3.17. The number of hydrogen-bond acceptors (Lipinski definition) is 3. The Balaban J connectivity index is 2.56. The van der Waals surface area contributed by atoms with Gasteiger partial charge in [-0.15, -0.1) is 0 Å². The summed E-state index contributed by atoms with van der Waals surface area (Å²) in [4.78, 5) is 2.22. The summed E-state index contributed by atoms with van der Waals surface area (Å²) in [5.74, 6) is 0. The van der Waals surface area contributed by atoms with Gasteiger partial charge in [-0.2, -0.15) is 0 Å². The summed E-state index contributed by atoms with van der Waals surface area (Å²) in [5.41, 5.74) is 7.17. The number of rotatable bonds is 6. The molecule has 0 amide bonds. The van der Waals surface area contributed by atoms with Crippen LogP contribution in [-0.4, -0.2) is 38.3 Å². The average molecular weight is 257 g/mol. The number of nitrogens with zero attached hydrogens (tertiary/aromatic N) is 1. The number of likely N-dealkylation sites (N-methyl/N-ethyl adjacent to an activating group) is 1. The van der Waals surface area contributed by atoms with Crippen molar-refractivity contribution in [3.63, 3.8) is 0 Å². The SMILES string of the molecule is COCC(N)CN(C)C(C)c1ccc(Cl)cc1. The second kappa shape index (κ2) is 6.97. The highest BCUT2D eigenvalue weighted by Crippen LogP contribution is 2.20. The maximum Gasteiger partial charge on any atom is 0.0626 e.